The third kappa shape index (κ3) is 3.85. The van der Waals surface area contributed by atoms with Crippen LogP contribution in [0.4, 0.5) is 5.82 Å². The molecular formula is C19H32N4. The van der Waals surface area contributed by atoms with Crippen molar-refractivity contribution in [2.75, 3.05) is 31.1 Å². The van der Waals surface area contributed by atoms with Crippen LogP contribution in [0.2, 0.25) is 0 Å². The van der Waals surface area contributed by atoms with Crippen LogP contribution in [-0.4, -0.2) is 47.1 Å². The van der Waals surface area contributed by atoms with Gasteiger partial charge in [0.15, 0.2) is 0 Å². The van der Waals surface area contributed by atoms with Crippen LogP contribution < -0.4 is 4.90 Å². The average molecular weight is 316 g/mol. The van der Waals surface area contributed by atoms with E-state index in [4.69, 9.17) is 4.98 Å². The van der Waals surface area contributed by atoms with Gasteiger partial charge in [-0.2, -0.15) is 0 Å². The molecule has 1 saturated carbocycles. The number of rotatable bonds is 7. The minimum atomic E-state index is 0.873. The summed E-state index contributed by atoms with van der Waals surface area (Å²) in [6.07, 6.45) is 11.9. The quantitative estimate of drug-likeness (QED) is 0.771. The summed E-state index contributed by atoms with van der Waals surface area (Å²) in [6.45, 7) is 9.15. The highest BCUT2D eigenvalue weighted by atomic mass is 15.3. The van der Waals surface area contributed by atoms with E-state index in [9.17, 15) is 0 Å². The first-order valence-corrected chi connectivity index (χ1v) is 9.65. The van der Waals surface area contributed by atoms with Gasteiger partial charge in [-0.25, -0.2) is 9.97 Å². The number of nitrogens with zero attached hydrogens (tertiary/aromatic N) is 4. The van der Waals surface area contributed by atoms with Crippen LogP contribution in [0.15, 0.2) is 6.33 Å². The molecule has 1 aliphatic carbocycles. The monoisotopic (exact) mass is 316 g/mol. The van der Waals surface area contributed by atoms with E-state index in [0.717, 1.165) is 32.0 Å². The molecule has 128 valence electrons. The van der Waals surface area contributed by atoms with Crippen molar-refractivity contribution in [2.24, 2.45) is 0 Å². The maximum Gasteiger partial charge on any atom is 0.135 e. The molecule has 0 N–H and O–H groups in total. The lowest BCUT2D eigenvalue weighted by Crippen LogP contribution is -2.52. The van der Waals surface area contributed by atoms with E-state index >= 15 is 0 Å². The van der Waals surface area contributed by atoms with Crippen LogP contribution in [-0.2, 0) is 12.8 Å². The first-order chi connectivity index (χ1) is 11.3. The van der Waals surface area contributed by atoms with Gasteiger partial charge in [0.05, 0.1) is 0 Å². The van der Waals surface area contributed by atoms with Gasteiger partial charge < -0.3 is 4.90 Å². The molecule has 2 heterocycles. The maximum atomic E-state index is 4.69. The van der Waals surface area contributed by atoms with E-state index in [2.05, 4.69) is 28.6 Å². The van der Waals surface area contributed by atoms with Crippen molar-refractivity contribution in [1.82, 2.24) is 14.9 Å². The maximum absolute atomic E-state index is 4.69. The van der Waals surface area contributed by atoms with Crippen LogP contribution >= 0.6 is 0 Å². The van der Waals surface area contributed by atoms with Crippen molar-refractivity contribution in [3.05, 3.63) is 17.6 Å². The molecule has 1 aromatic rings. The summed E-state index contributed by atoms with van der Waals surface area (Å²) in [5, 5.41) is 0. The molecule has 2 aliphatic rings. The summed E-state index contributed by atoms with van der Waals surface area (Å²) in [4.78, 5) is 14.5. The number of aromatic nitrogens is 2. The number of anilines is 1. The van der Waals surface area contributed by atoms with Gasteiger partial charge in [0.25, 0.3) is 0 Å². The summed E-state index contributed by atoms with van der Waals surface area (Å²) in [5.74, 6) is 1.22. The van der Waals surface area contributed by atoms with Crippen LogP contribution in [0.1, 0.15) is 63.6 Å². The summed E-state index contributed by atoms with van der Waals surface area (Å²) in [6, 6.07) is 0.873. The second-order valence-corrected chi connectivity index (χ2v) is 7.08. The van der Waals surface area contributed by atoms with Crippen molar-refractivity contribution in [3.63, 3.8) is 0 Å². The fourth-order valence-corrected chi connectivity index (χ4v) is 3.83. The van der Waals surface area contributed by atoms with Crippen LogP contribution in [0, 0.1) is 0 Å². The molecule has 1 aliphatic heterocycles. The molecule has 3 rings (SSSR count). The molecule has 4 nitrogen and oxygen atoms in total. The Kier molecular flexibility index (Phi) is 5.87. The first-order valence-electron chi connectivity index (χ1n) is 9.65. The molecule has 2 fully saturated rings. The third-order valence-electron chi connectivity index (χ3n) is 5.48. The van der Waals surface area contributed by atoms with E-state index in [1.54, 1.807) is 6.33 Å². The van der Waals surface area contributed by atoms with Gasteiger partial charge in [0.2, 0.25) is 0 Å². The van der Waals surface area contributed by atoms with Gasteiger partial charge in [0, 0.05) is 43.5 Å². The Labute approximate surface area is 141 Å². The Morgan fingerprint density at radius 1 is 1.00 bits per heavy atom. The SMILES string of the molecule is CCCCc1ncnc(N2CCN(C3CCC3)CC2)c1CCC. The Morgan fingerprint density at radius 2 is 1.78 bits per heavy atom. The zero-order valence-corrected chi connectivity index (χ0v) is 14.9. The van der Waals surface area contributed by atoms with E-state index in [-0.39, 0.29) is 0 Å². The van der Waals surface area contributed by atoms with Crippen LogP contribution in [0.5, 0.6) is 0 Å². The molecule has 0 atom stereocenters. The zero-order valence-electron chi connectivity index (χ0n) is 14.9. The number of piperazine rings is 1. The molecule has 23 heavy (non-hydrogen) atoms. The molecule has 0 amide bonds. The second kappa shape index (κ2) is 8.09. The molecule has 1 saturated heterocycles. The van der Waals surface area contributed by atoms with Crippen molar-refractivity contribution < 1.29 is 0 Å². The number of unbranched alkanes of at least 4 members (excludes halogenated alkanes) is 1. The highest BCUT2D eigenvalue weighted by molar-refractivity contribution is 5.49. The van der Waals surface area contributed by atoms with Crippen molar-refractivity contribution in [1.29, 1.82) is 0 Å². The molecule has 0 aromatic carbocycles. The Hall–Kier alpha value is -1.16. The van der Waals surface area contributed by atoms with Crippen molar-refractivity contribution in [2.45, 2.75) is 71.3 Å². The highest BCUT2D eigenvalue weighted by Gasteiger charge is 2.29. The number of hydrogen-bond acceptors (Lipinski definition) is 4. The molecule has 1 aromatic heterocycles. The van der Waals surface area contributed by atoms with Crippen molar-refractivity contribution >= 4 is 5.82 Å². The van der Waals surface area contributed by atoms with E-state index in [1.807, 2.05) is 0 Å². The summed E-state index contributed by atoms with van der Waals surface area (Å²) in [7, 11) is 0. The minimum Gasteiger partial charge on any atom is -0.354 e. The highest BCUT2D eigenvalue weighted by Crippen LogP contribution is 2.28. The molecular weight excluding hydrogens is 284 g/mol. The number of aryl methyl sites for hydroxylation is 1. The Bertz CT molecular complexity index is 490. The lowest BCUT2D eigenvalue weighted by Gasteiger charge is -2.43. The van der Waals surface area contributed by atoms with Gasteiger partial charge in [-0.15, -0.1) is 0 Å². The topological polar surface area (TPSA) is 32.3 Å². The fourth-order valence-electron chi connectivity index (χ4n) is 3.83. The molecule has 0 radical (unpaired) electrons. The number of hydrogen-bond donors (Lipinski definition) is 0. The normalized spacial score (nSPS) is 19.8. The first kappa shape index (κ1) is 16.7. The predicted molar refractivity (Wildman–Crippen MR) is 96.1 cm³/mol. The van der Waals surface area contributed by atoms with Gasteiger partial charge in [-0.3, -0.25) is 4.90 Å². The summed E-state index contributed by atoms with van der Waals surface area (Å²) in [5.41, 5.74) is 2.71. The molecule has 0 unspecified atom stereocenters. The largest absolute Gasteiger partial charge is 0.354 e. The molecule has 0 bridgehead atoms. The zero-order chi connectivity index (χ0) is 16.1. The van der Waals surface area contributed by atoms with Gasteiger partial charge in [-0.05, 0) is 32.1 Å². The van der Waals surface area contributed by atoms with E-state index < -0.39 is 0 Å². The van der Waals surface area contributed by atoms with E-state index in [1.165, 1.54) is 68.7 Å². The minimum absolute atomic E-state index is 0.873. The summed E-state index contributed by atoms with van der Waals surface area (Å²) < 4.78 is 0. The van der Waals surface area contributed by atoms with Gasteiger partial charge >= 0.3 is 0 Å². The van der Waals surface area contributed by atoms with Gasteiger partial charge in [-0.1, -0.05) is 33.1 Å². The summed E-state index contributed by atoms with van der Waals surface area (Å²) >= 11 is 0. The Morgan fingerprint density at radius 3 is 2.39 bits per heavy atom. The van der Waals surface area contributed by atoms with Crippen molar-refractivity contribution in [3.8, 4) is 0 Å². The lowest BCUT2D eigenvalue weighted by molar-refractivity contribution is 0.120. The smallest absolute Gasteiger partial charge is 0.135 e. The predicted octanol–water partition coefficient (Wildman–Crippen LogP) is 3.45. The Balaban J connectivity index is 1.70. The standard InChI is InChI=1S/C19H32N4/c1-3-5-10-18-17(7-4-2)19(21-15-20-18)23-13-11-22(12-14-23)16-8-6-9-16/h15-16H,3-14H2,1-2H3. The van der Waals surface area contributed by atoms with Crippen LogP contribution in [0.25, 0.3) is 0 Å². The molecule has 4 heteroatoms. The third-order valence-corrected chi connectivity index (χ3v) is 5.48. The second-order valence-electron chi connectivity index (χ2n) is 7.08. The fraction of sp³-hybridized carbons (Fsp3) is 0.789. The lowest BCUT2D eigenvalue weighted by atomic mass is 9.91. The van der Waals surface area contributed by atoms with Gasteiger partial charge in [0.1, 0.15) is 12.1 Å². The molecule has 0 spiro atoms. The van der Waals surface area contributed by atoms with E-state index in [0.29, 0.717) is 0 Å². The average Bonchev–Trinajstić information content (AvgIpc) is 2.53. The van der Waals surface area contributed by atoms with Crippen LogP contribution in [0.3, 0.4) is 0 Å².